The highest BCUT2D eigenvalue weighted by Crippen LogP contribution is 2.21. The summed E-state index contributed by atoms with van der Waals surface area (Å²) in [7, 11) is 1.93. The van der Waals surface area contributed by atoms with Crippen LogP contribution < -0.4 is 0 Å². The molecule has 2 rings (SSSR count). The van der Waals surface area contributed by atoms with E-state index in [4.69, 9.17) is 4.74 Å². The van der Waals surface area contributed by atoms with Crippen molar-refractivity contribution in [3.05, 3.63) is 35.7 Å². The molecule has 0 saturated carbocycles. The van der Waals surface area contributed by atoms with Crippen LogP contribution in [0.1, 0.15) is 38.3 Å². The van der Waals surface area contributed by atoms with Crippen LogP contribution in [0.4, 0.5) is 0 Å². The molecule has 0 spiro atoms. The van der Waals surface area contributed by atoms with Gasteiger partial charge in [0.2, 0.25) is 0 Å². The van der Waals surface area contributed by atoms with Crippen LogP contribution in [-0.2, 0) is 18.2 Å². The predicted molar refractivity (Wildman–Crippen MR) is 75.9 cm³/mol. The van der Waals surface area contributed by atoms with E-state index in [0.29, 0.717) is 0 Å². The van der Waals surface area contributed by atoms with Gasteiger partial charge in [-0.05, 0) is 19.4 Å². The normalized spacial score (nSPS) is 12.6. The molecule has 1 heterocycles. The highest BCUT2D eigenvalue weighted by atomic mass is 16.5. The lowest BCUT2D eigenvalue weighted by atomic mass is 10.1. The van der Waals surface area contributed by atoms with E-state index in [1.165, 1.54) is 5.56 Å². The Morgan fingerprint density at radius 2 is 1.89 bits per heavy atom. The lowest BCUT2D eigenvalue weighted by molar-refractivity contribution is 0.0764. The Morgan fingerprint density at radius 3 is 2.42 bits per heavy atom. The summed E-state index contributed by atoms with van der Waals surface area (Å²) in [6, 6.07) is 8.27. The van der Waals surface area contributed by atoms with Crippen LogP contribution in [0.2, 0.25) is 0 Å². The molecular weight excluding hydrogens is 238 g/mol. The van der Waals surface area contributed by atoms with E-state index in [-0.39, 0.29) is 6.10 Å². The van der Waals surface area contributed by atoms with Crippen LogP contribution in [-0.4, -0.2) is 21.4 Å². The Kier molecular flexibility index (Phi) is 4.32. The van der Waals surface area contributed by atoms with Crippen LogP contribution in [0.5, 0.6) is 0 Å². The van der Waals surface area contributed by atoms with Crippen molar-refractivity contribution in [3.63, 3.8) is 0 Å². The molecule has 0 unspecified atom stereocenters. The number of hydrogen-bond donors (Lipinski definition) is 0. The number of ether oxygens (including phenoxy) is 1. The molecule has 0 aliphatic rings. The van der Waals surface area contributed by atoms with Gasteiger partial charge in [-0.25, -0.2) is 4.98 Å². The minimum Gasteiger partial charge on any atom is -0.374 e. The highest BCUT2D eigenvalue weighted by molar-refractivity contribution is 5.55. The zero-order valence-electron chi connectivity index (χ0n) is 12.1. The van der Waals surface area contributed by atoms with Gasteiger partial charge in [0.05, 0.1) is 6.10 Å². The molecule has 4 nitrogen and oxygen atoms in total. The number of hydrogen-bond acceptors (Lipinski definition) is 3. The third-order valence-electron chi connectivity index (χ3n) is 3.22. The molecule has 19 heavy (non-hydrogen) atoms. The Balaban J connectivity index is 2.22. The molecule has 0 radical (unpaired) electrons. The maximum Gasteiger partial charge on any atom is 0.181 e. The van der Waals surface area contributed by atoms with E-state index in [9.17, 15) is 0 Å². The molecule has 1 atom stereocenters. The van der Waals surface area contributed by atoms with E-state index in [1.807, 2.05) is 18.7 Å². The molecule has 0 bridgehead atoms. The van der Waals surface area contributed by atoms with Crippen molar-refractivity contribution in [2.45, 2.75) is 33.3 Å². The van der Waals surface area contributed by atoms with Gasteiger partial charge in [-0.2, -0.15) is 5.10 Å². The second-order valence-electron chi connectivity index (χ2n) is 4.55. The molecule has 1 aromatic heterocycles. The molecule has 0 N–H and O–H groups in total. The van der Waals surface area contributed by atoms with Crippen LogP contribution in [0.3, 0.4) is 0 Å². The van der Waals surface area contributed by atoms with Crippen molar-refractivity contribution < 1.29 is 4.74 Å². The second-order valence-corrected chi connectivity index (χ2v) is 4.55. The molecule has 102 valence electrons. The summed E-state index contributed by atoms with van der Waals surface area (Å²) in [5.41, 5.74) is 2.22. The highest BCUT2D eigenvalue weighted by Gasteiger charge is 2.09. The molecule has 0 amide bonds. The first-order valence-electron chi connectivity index (χ1n) is 6.77. The van der Waals surface area contributed by atoms with Crippen LogP contribution >= 0.6 is 0 Å². The fourth-order valence-corrected chi connectivity index (χ4v) is 2.10. The molecule has 2 aromatic rings. The Bertz CT molecular complexity index is 531. The standard InChI is InChI=1S/C15H21N3O/c1-5-14-16-15(17-18(14)4)13-9-7-12(8-10-13)11(3)19-6-2/h7-11H,5-6H2,1-4H3/t11-/m0/s1. The van der Waals surface area contributed by atoms with Gasteiger partial charge in [0, 0.05) is 25.6 Å². The zero-order chi connectivity index (χ0) is 13.8. The van der Waals surface area contributed by atoms with Crippen molar-refractivity contribution >= 4 is 0 Å². The van der Waals surface area contributed by atoms with E-state index < -0.39 is 0 Å². The number of benzene rings is 1. The van der Waals surface area contributed by atoms with Crippen LogP contribution in [0.25, 0.3) is 11.4 Å². The largest absolute Gasteiger partial charge is 0.374 e. The molecular formula is C15H21N3O. The summed E-state index contributed by atoms with van der Waals surface area (Å²) in [5.74, 6) is 1.79. The van der Waals surface area contributed by atoms with Crippen molar-refractivity contribution in [2.24, 2.45) is 7.05 Å². The summed E-state index contributed by atoms with van der Waals surface area (Å²) in [6.45, 7) is 6.88. The summed E-state index contributed by atoms with van der Waals surface area (Å²) in [5, 5.41) is 4.44. The minimum absolute atomic E-state index is 0.127. The van der Waals surface area contributed by atoms with E-state index in [0.717, 1.165) is 30.2 Å². The van der Waals surface area contributed by atoms with E-state index in [2.05, 4.69) is 48.2 Å². The maximum absolute atomic E-state index is 5.58. The quantitative estimate of drug-likeness (QED) is 0.828. The van der Waals surface area contributed by atoms with Crippen LogP contribution in [0, 0.1) is 0 Å². The average molecular weight is 259 g/mol. The monoisotopic (exact) mass is 259 g/mol. The van der Waals surface area contributed by atoms with Crippen molar-refractivity contribution in [1.82, 2.24) is 14.8 Å². The van der Waals surface area contributed by atoms with Gasteiger partial charge < -0.3 is 4.74 Å². The summed E-state index contributed by atoms with van der Waals surface area (Å²) < 4.78 is 7.42. The zero-order valence-corrected chi connectivity index (χ0v) is 12.1. The smallest absolute Gasteiger partial charge is 0.181 e. The van der Waals surface area contributed by atoms with E-state index in [1.54, 1.807) is 0 Å². The number of rotatable bonds is 5. The fourth-order valence-electron chi connectivity index (χ4n) is 2.10. The van der Waals surface area contributed by atoms with Crippen LogP contribution in [0.15, 0.2) is 24.3 Å². The van der Waals surface area contributed by atoms with Gasteiger partial charge in [0.25, 0.3) is 0 Å². The van der Waals surface area contributed by atoms with Gasteiger partial charge >= 0.3 is 0 Å². The van der Waals surface area contributed by atoms with Gasteiger partial charge in [0.15, 0.2) is 5.82 Å². The van der Waals surface area contributed by atoms with Gasteiger partial charge in [-0.1, -0.05) is 31.2 Å². The predicted octanol–water partition coefficient (Wildman–Crippen LogP) is 3.14. The molecule has 0 aliphatic carbocycles. The Hall–Kier alpha value is -1.68. The van der Waals surface area contributed by atoms with Crippen molar-refractivity contribution in [2.75, 3.05) is 6.61 Å². The summed E-state index contributed by atoms with van der Waals surface area (Å²) in [6.07, 6.45) is 1.02. The summed E-state index contributed by atoms with van der Waals surface area (Å²) in [4.78, 5) is 4.53. The lowest BCUT2D eigenvalue weighted by Gasteiger charge is -2.11. The first-order chi connectivity index (χ1) is 9.15. The third kappa shape index (κ3) is 3.01. The third-order valence-corrected chi connectivity index (χ3v) is 3.22. The molecule has 4 heteroatoms. The summed E-state index contributed by atoms with van der Waals surface area (Å²) >= 11 is 0. The van der Waals surface area contributed by atoms with Gasteiger partial charge in [-0.3, -0.25) is 4.68 Å². The first kappa shape index (κ1) is 13.7. The SMILES string of the molecule is CCO[C@@H](C)c1ccc(-c2nc(CC)n(C)n2)cc1. The second kappa shape index (κ2) is 5.97. The number of aryl methyl sites for hydroxylation is 2. The first-order valence-corrected chi connectivity index (χ1v) is 6.77. The van der Waals surface area contributed by atoms with Crippen molar-refractivity contribution in [1.29, 1.82) is 0 Å². The number of aromatic nitrogens is 3. The molecule has 0 aliphatic heterocycles. The van der Waals surface area contributed by atoms with E-state index >= 15 is 0 Å². The molecule has 0 saturated heterocycles. The number of nitrogens with zero attached hydrogens (tertiary/aromatic N) is 3. The molecule has 1 aromatic carbocycles. The van der Waals surface area contributed by atoms with Crippen molar-refractivity contribution in [3.8, 4) is 11.4 Å². The topological polar surface area (TPSA) is 39.9 Å². The minimum atomic E-state index is 0.127. The Morgan fingerprint density at radius 1 is 1.21 bits per heavy atom. The fraction of sp³-hybridized carbons (Fsp3) is 0.467. The van der Waals surface area contributed by atoms with Gasteiger partial charge in [0.1, 0.15) is 5.82 Å². The average Bonchev–Trinajstić information content (AvgIpc) is 2.80. The maximum atomic E-state index is 5.58. The lowest BCUT2D eigenvalue weighted by Crippen LogP contribution is -1.99. The van der Waals surface area contributed by atoms with Gasteiger partial charge in [-0.15, -0.1) is 0 Å². The molecule has 0 fully saturated rings. The Labute approximate surface area is 114 Å².